The van der Waals surface area contributed by atoms with E-state index in [4.69, 9.17) is 25.8 Å². The highest BCUT2D eigenvalue weighted by molar-refractivity contribution is 6.19. The molecule has 8 nitrogen and oxygen atoms in total. The van der Waals surface area contributed by atoms with Crippen molar-refractivity contribution < 1.29 is 19.0 Å². The molecular weight excluding hydrogens is 458 g/mol. The monoisotopic (exact) mass is 479 g/mol. The van der Waals surface area contributed by atoms with E-state index in [1.54, 1.807) is 23.1 Å². The Labute approximate surface area is 200 Å². The molecule has 0 radical (unpaired) electrons. The van der Waals surface area contributed by atoms with E-state index in [1.165, 1.54) is 21.3 Å². The van der Waals surface area contributed by atoms with Gasteiger partial charge < -0.3 is 24.1 Å². The number of H-pyrrole nitrogens is 1. The van der Waals surface area contributed by atoms with Gasteiger partial charge in [-0.15, -0.1) is 16.5 Å². The lowest BCUT2D eigenvalue weighted by molar-refractivity contribution is 0.0984. The highest BCUT2D eigenvalue weighted by atomic mass is 35.5. The van der Waals surface area contributed by atoms with Crippen LogP contribution in [0.15, 0.2) is 47.6 Å². The number of carbonyl (C=O) groups is 1. The molecule has 0 bridgehead atoms. The van der Waals surface area contributed by atoms with Crippen LogP contribution in [0, 0.1) is 4.91 Å². The van der Waals surface area contributed by atoms with Gasteiger partial charge in [0.2, 0.25) is 5.75 Å². The van der Waals surface area contributed by atoms with E-state index in [2.05, 4.69) is 10.2 Å². The van der Waals surface area contributed by atoms with Crippen molar-refractivity contribution in [1.82, 2.24) is 4.98 Å². The number of fused-ring (bicyclic) bond motifs is 4. The van der Waals surface area contributed by atoms with E-state index < -0.39 is 0 Å². The molecule has 1 aliphatic rings. The minimum absolute atomic E-state index is 0.0784. The smallest absolute Gasteiger partial charge is 0.274 e. The average Bonchev–Trinajstić information content (AvgIpc) is 3.47. The number of hydrogen-bond donors (Lipinski definition) is 1. The SMILES string of the molecule is COc1cc2cc(C(=O)N3CC(CCl)c4c3cc(N=O)c3ccccc43)[nH]c2c(OC)c1OC. The van der Waals surface area contributed by atoms with Crippen molar-refractivity contribution >= 4 is 50.6 Å². The number of nitrogens with one attached hydrogen (secondary N) is 1. The molecule has 174 valence electrons. The highest BCUT2D eigenvalue weighted by Gasteiger charge is 2.35. The third kappa shape index (κ3) is 3.17. The summed E-state index contributed by atoms with van der Waals surface area (Å²) < 4.78 is 16.4. The fourth-order valence-corrected chi connectivity index (χ4v) is 5.08. The molecule has 0 saturated heterocycles. The van der Waals surface area contributed by atoms with Gasteiger partial charge in [-0.2, -0.15) is 0 Å². The Hall–Kier alpha value is -3.78. The molecule has 1 atom stereocenters. The first-order valence-corrected chi connectivity index (χ1v) is 11.2. The van der Waals surface area contributed by atoms with Crippen molar-refractivity contribution in [3.63, 3.8) is 0 Å². The van der Waals surface area contributed by atoms with Crippen LogP contribution in [0.4, 0.5) is 11.4 Å². The van der Waals surface area contributed by atoms with Crippen molar-refractivity contribution in [2.24, 2.45) is 5.18 Å². The van der Waals surface area contributed by atoms with Crippen LogP contribution in [0.5, 0.6) is 17.2 Å². The van der Waals surface area contributed by atoms with Crippen molar-refractivity contribution in [3.8, 4) is 17.2 Å². The number of aromatic nitrogens is 1. The zero-order valence-electron chi connectivity index (χ0n) is 18.8. The number of rotatable bonds is 6. The van der Waals surface area contributed by atoms with Gasteiger partial charge in [0.15, 0.2) is 11.5 Å². The number of nitroso groups, excluding NO2 is 1. The minimum Gasteiger partial charge on any atom is -0.493 e. The Morgan fingerprint density at radius 3 is 2.47 bits per heavy atom. The van der Waals surface area contributed by atoms with Crippen LogP contribution in [0.1, 0.15) is 22.0 Å². The number of alkyl halides is 1. The Morgan fingerprint density at radius 2 is 1.82 bits per heavy atom. The molecular formula is C25H22ClN3O5. The van der Waals surface area contributed by atoms with Gasteiger partial charge in [0.1, 0.15) is 11.4 Å². The summed E-state index contributed by atoms with van der Waals surface area (Å²) in [7, 11) is 4.59. The number of anilines is 1. The largest absolute Gasteiger partial charge is 0.493 e. The number of methoxy groups -OCH3 is 3. The fourth-order valence-electron chi connectivity index (χ4n) is 4.83. The first-order valence-electron chi connectivity index (χ1n) is 10.6. The molecule has 0 spiro atoms. The first kappa shape index (κ1) is 22.0. The molecule has 0 aliphatic carbocycles. The number of ether oxygens (including phenoxy) is 3. The summed E-state index contributed by atoms with van der Waals surface area (Å²) in [5, 5.41) is 5.58. The Bertz CT molecular complexity index is 1450. The Morgan fingerprint density at radius 1 is 1.09 bits per heavy atom. The van der Waals surface area contributed by atoms with Gasteiger partial charge in [-0.3, -0.25) is 4.79 Å². The molecule has 0 fully saturated rings. The predicted molar refractivity (Wildman–Crippen MR) is 132 cm³/mol. The highest BCUT2D eigenvalue weighted by Crippen LogP contribution is 2.47. The number of nitrogens with zero attached hydrogens (tertiary/aromatic N) is 2. The lowest BCUT2D eigenvalue weighted by Gasteiger charge is -2.17. The van der Waals surface area contributed by atoms with Gasteiger partial charge >= 0.3 is 0 Å². The maximum absolute atomic E-state index is 13.7. The van der Waals surface area contributed by atoms with Crippen LogP contribution in [0.2, 0.25) is 0 Å². The molecule has 1 unspecified atom stereocenters. The minimum atomic E-state index is -0.253. The van der Waals surface area contributed by atoms with E-state index >= 15 is 0 Å². The summed E-state index contributed by atoms with van der Waals surface area (Å²) in [6, 6.07) is 12.7. The molecule has 5 rings (SSSR count). The van der Waals surface area contributed by atoms with Gasteiger partial charge in [0, 0.05) is 29.1 Å². The molecule has 1 amide bonds. The molecule has 4 aromatic rings. The summed E-state index contributed by atoms with van der Waals surface area (Å²) in [6.07, 6.45) is 0. The lowest BCUT2D eigenvalue weighted by Crippen LogP contribution is -2.30. The van der Waals surface area contributed by atoms with E-state index in [9.17, 15) is 9.70 Å². The zero-order valence-corrected chi connectivity index (χ0v) is 19.6. The Balaban J connectivity index is 1.66. The van der Waals surface area contributed by atoms with E-state index in [0.29, 0.717) is 46.6 Å². The molecule has 1 aromatic heterocycles. The topological polar surface area (TPSA) is 93.2 Å². The van der Waals surface area contributed by atoms with Gasteiger partial charge in [0.05, 0.1) is 32.5 Å². The van der Waals surface area contributed by atoms with Gasteiger partial charge in [-0.1, -0.05) is 24.3 Å². The molecule has 0 saturated carbocycles. The summed E-state index contributed by atoms with van der Waals surface area (Å²) in [5.74, 6) is 1.37. The summed E-state index contributed by atoms with van der Waals surface area (Å²) in [6.45, 7) is 0.392. The van der Waals surface area contributed by atoms with Gasteiger partial charge in [-0.05, 0) is 34.3 Å². The molecule has 1 N–H and O–H groups in total. The Kier molecular flexibility index (Phi) is 5.53. The van der Waals surface area contributed by atoms with Crippen molar-refractivity contribution in [2.45, 2.75) is 5.92 Å². The van der Waals surface area contributed by atoms with Crippen molar-refractivity contribution in [1.29, 1.82) is 0 Å². The summed E-state index contributed by atoms with van der Waals surface area (Å²) in [4.78, 5) is 30.2. The second-order valence-electron chi connectivity index (χ2n) is 8.02. The van der Waals surface area contributed by atoms with Crippen LogP contribution < -0.4 is 19.1 Å². The zero-order chi connectivity index (χ0) is 24.0. The second kappa shape index (κ2) is 8.53. The standard InChI is InChI=1S/C25H22ClN3O5/c1-32-20-9-13-8-18(27-22(13)24(34-3)23(20)33-2)25(30)29-12-14(11-26)21-16-7-5-4-6-15(16)17(28-31)10-19(21)29/h4-10,14,27H,11-12H2,1-3H3. The van der Waals surface area contributed by atoms with Crippen LogP contribution >= 0.6 is 11.6 Å². The first-order chi connectivity index (χ1) is 16.6. The number of benzene rings is 3. The average molecular weight is 480 g/mol. The van der Waals surface area contributed by atoms with Crippen LogP contribution in [-0.4, -0.2) is 44.6 Å². The third-order valence-electron chi connectivity index (χ3n) is 6.32. The normalized spacial score (nSPS) is 14.9. The van der Waals surface area contributed by atoms with Crippen molar-refractivity contribution in [3.05, 3.63) is 58.6 Å². The number of aromatic amines is 1. The van der Waals surface area contributed by atoms with Crippen LogP contribution in [-0.2, 0) is 0 Å². The van der Waals surface area contributed by atoms with Crippen LogP contribution in [0.3, 0.4) is 0 Å². The lowest BCUT2D eigenvalue weighted by atomic mass is 9.95. The molecule has 34 heavy (non-hydrogen) atoms. The molecule has 3 aromatic carbocycles. The van der Waals surface area contributed by atoms with E-state index in [1.807, 2.05) is 24.3 Å². The number of amides is 1. The fraction of sp³-hybridized carbons (Fsp3) is 0.240. The number of halogens is 1. The third-order valence-corrected chi connectivity index (χ3v) is 6.70. The molecule has 1 aliphatic heterocycles. The maximum Gasteiger partial charge on any atom is 0.274 e. The predicted octanol–water partition coefficient (Wildman–Crippen LogP) is 5.73. The summed E-state index contributed by atoms with van der Waals surface area (Å²) in [5.41, 5.74) is 2.85. The quantitative estimate of drug-likeness (QED) is 0.281. The van der Waals surface area contributed by atoms with E-state index in [-0.39, 0.29) is 17.5 Å². The summed E-state index contributed by atoms with van der Waals surface area (Å²) >= 11 is 6.32. The van der Waals surface area contributed by atoms with E-state index in [0.717, 1.165) is 21.7 Å². The van der Waals surface area contributed by atoms with Crippen molar-refractivity contribution in [2.75, 3.05) is 38.7 Å². The number of hydrogen-bond acceptors (Lipinski definition) is 6. The number of carbonyl (C=O) groups excluding carboxylic acids is 1. The second-order valence-corrected chi connectivity index (χ2v) is 8.33. The molecule has 2 heterocycles. The maximum atomic E-state index is 13.7. The molecule has 9 heteroatoms. The van der Waals surface area contributed by atoms with Gasteiger partial charge in [-0.25, -0.2) is 0 Å². The van der Waals surface area contributed by atoms with Crippen LogP contribution in [0.25, 0.3) is 21.7 Å². The van der Waals surface area contributed by atoms with Gasteiger partial charge in [0.25, 0.3) is 5.91 Å².